The summed E-state index contributed by atoms with van der Waals surface area (Å²) >= 11 is 0. The maximum absolute atomic E-state index is 13.0. The molecule has 0 saturated heterocycles. The van der Waals surface area contributed by atoms with E-state index >= 15 is 0 Å². The summed E-state index contributed by atoms with van der Waals surface area (Å²) in [6.07, 6.45) is 0.639. The third kappa shape index (κ3) is 4.32. The van der Waals surface area contributed by atoms with Crippen molar-refractivity contribution in [1.29, 1.82) is 0 Å². The predicted octanol–water partition coefficient (Wildman–Crippen LogP) is 3.75. The molecule has 0 spiro atoms. The molecule has 0 saturated carbocycles. The summed E-state index contributed by atoms with van der Waals surface area (Å²) in [6.45, 7) is 5.50. The molecule has 2 aromatic carbocycles. The first-order valence-corrected chi connectivity index (χ1v) is 9.62. The van der Waals surface area contributed by atoms with Crippen LogP contribution in [0.3, 0.4) is 0 Å². The van der Waals surface area contributed by atoms with Crippen LogP contribution in [-0.4, -0.2) is 22.6 Å². The van der Waals surface area contributed by atoms with Crippen molar-refractivity contribution in [3.05, 3.63) is 53.1 Å². The van der Waals surface area contributed by atoms with Crippen molar-refractivity contribution in [1.82, 2.24) is 4.72 Å². The van der Waals surface area contributed by atoms with Gasteiger partial charge in [-0.05, 0) is 61.2 Å². The molecule has 6 heteroatoms. The molecule has 0 amide bonds. The van der Waals surface area contributed by atoms with Crippen molar-refractivity contribution in [3.8, 4) is 11.5 Å². The minimum Gasteiger partial charge on any atom is -0.497 e. The van der Waals surface area contributed by atoms with Gasteiger partial charge < -0.3 is 9.47 Å². The summed E-state index contributed by atoms with van der Waals surface area (Å²) in [5.74, 6) is 1.39. The largest absolute Gasteiger partial charge is 0.497 e. The smallest absolute Gasteiger partial charge is 0.241 e. The van der Waals surface area contributed by atoms with Gasteiger partial charge in [-0.15, -0.1) is 0 Å². The van der Waals surface area contributed by atoms with Gasteiger partial charge in [0, 0.05) is 6.04 Å². The lowest BCUT2D eigenvalue weighted by molar-refractivity contribution is 0.413. The molecule has 5 nitrogen and oxygen atoms in total. The molecular formula is C19H25NO4S. The number of rotatable bonds is 7. The van der Waals surface area contributed by atoms with Crippen LogP contribution in [0.2, 0.25) is 0 Å². The van der Waals surface area contributed by atoms with Gasteiger partial charge in [0.05, 0.1) is 19.1 Å². The minimum atomic E-state index is -3.66. The summed E-state index contributed by atoms with van der Waals surface area (Å²) in [4.78, 5) is 0.306. The molecule has 0 aliphatic rings. The Morgan fingerprint density at radius 2 is 1.48 bits per heavy atom. The van der Waals surface area contributed by atoms with E-state index in [-0.39, 0.29) is 6.04 Å². The molecule has 0 aliphatic carbocycles. The van der Waals surface area contributed by atoms with Crippen molar-refractivity contribution in [2.24, 2.45) is 0 Å². The number of ether oxygens (including phenoxy) is 2. The molecule has 0 fully saturated rings. The molecular weight excluding hydrogens is 338 g/mol. The molecule has 0 aliphatic heterocycles. The maximum Gasteiger partial charge on any atom is 0.241 e. The van der Waals surface area contributed by atoms with Crippen molar-refractivity contribution >= 4 is 10.0 Å². The third-order valence-electron chi connectivity index (χ3n) is 4.16. The van der Waals surface area contributed by atoms with E-state index in [2.05, 4.69) is 4.72 Å². The minimum absolute atomic E-state index is 0.306. The zero-order valence-corrected chi connectivity index (χ0v) is 16.1. The first-order valence-electron chi connectivity index (χ1n) is 8.14. The normalized spacial score (nSPS) is 12.7. The summed E-state index contributed by atoms with van der Waals surface area (Å²) < 4.78 is 39.1. The molecule has 0 unspecified atom stereocenters. The van der Waals surface area contributed by atoms with Crippen molar-refractivity contribution in [2.75, 3.05) is 14.2 Å². The summed E-state index contributed by atoms with van der Waals surface area (Å²) in [5.41, 5.74) is 2.22. The van der Waals surface area contributed by atoms with Gasteiger partial charge in [0.15, 0.2) is 0 Å². The molecule has 0 heterocycles. The Morgan fingerprint density at radius 3 is 1.92 bits per heavy atom. The average molecular weight is 363 g/mol. The molecule has 0 radical (unpaired) electrons. The Kier molecular flexibility index (Phi) is 6.08. The molecule has 2 rings (SSSR count). The van der Waals surface area contributed by atoms with Crippen LogP contribution in [0.15, 0.2) is 41.3 Å². The van der Waals surface area contributed by atoms with Gasteiger partial charge in [-0.2, -0.15) is 0 Å². The second-order valence-corrected chi connectivity index (χ2v) is 7.60. The van der Waals surface area contributed by atoms with Crippen LogP contribution in [-0.2, 0) is 10.0 Å². The maximum atomic E-state index is 13.0. The topological polar surface area (TPSA) is 64.6 Å². The van der Waals surface area contributed by atoms with Crippen LogP contribution < -0.4 is 14.2 Å². The predicted molar refractivity (Wildman–Crippen MR) is 98.8 cm³/mol. The fourth-order valence-electron chi connectivity index (χ4n) is 2.92. The SMILES string of the molecule is CC[C@@H](NS(=O)(=O)c1c(C)cc(OC)cc1C)c1ccc(OC)cc1. The lowest BCUT2D eigenvalue weighted by Gasteiger charge is -2.20. The van der Waals surface area contributed by atoms with Crippen LogP contribution in [0.5, 0.6) is 11.5 Å². The van der Waals surface area contributed by atoms with Gasteiger partial charge in [0.1, 0.15) is 11.5 Å². The van der Waals surface area contributed by atoms with E-state index in [1.165, 1.54) is 0 Å². The Balaban J connectivity index is 2.35. The number of nitrogens with one attached hydrogen (secondary N) is 1. The Morgan fingerprint density at radius 1 is 0.960 bits per heavy atom. The Bertz CT molecular complexity index is 806. The highest BCUT2D eigenvalue weighted by atomic mass is 32.2. The second kappa shape index (κ2) is 7.89. The standard InChI is InChI=1S/C19H25NO4S/c1-6-18(15-7-9-16(23-4)10-8-15)20-25(21,22)19-13(2)11-17(24-5)12-14(19)3/h7-12,18,20H,6H2,1-5H3/t18-/m1/s1. The van der Waals surface area contributed by atoms with Gasteiger partial charge in [0.25, 0.3) is 0 Å². The molecule has 0 aromatic heterocycles. The van der Waals surface area contributed by atoms with Crippen LogP contribution in [0.25, 0.3) is 0 Å². The quantitative estimate of drug-likeness (QED) is 0.814. The first-order chi connectivity index (χ1) is 11.8. The first kappa shape index (κ1) is 19.3. The number of aryl methyl sites for hydroxylation is 2. The monoisotopic (exact) mass is 363 g/mol. The molecule has 1 atom stereocenters. The van der Waals surface area contributed by atoms with Gasteiger partial charge in [-0.25, -0.2) is 13.1 Å². The highest BCUT2D eigenvalue weighted by molar-refractivity contribution is 7.89. The molecule has 0 bridgehead atoms. The van der Waals surface area contributed by atoms with Gasteiger partial charge in [-0.3, -0.25) is 0 Å². The third-order valence-corrected chi connectivity index (χ3v) is 5.94. The zero-order chi connectivity index (χ0) is 18.6. The fraction of sp³-hybridized carbons (Fsp3) is 0.368. The van der Waals surface area contributed by atoms with Crippen LogP contribution in [0.1, 0.15) is 36.1 Å². The van der Waals surface area contributed by atoms with Crippen molar-refractivity contribution in [3.63, 3.8) is 0 Å². The van der Waals surface area contributed by atoms with Crippen molar-refractivity contribution in [2.45, 2.75) is 38.1 Å². The molecule has 2 aromatic rings. The lowest BCUT2D eigenvalue weighted by Crippen LogP contribution is -2.29. The summed E-state index contributed by atoms with van der Waals surface area (Å²) in [6, 6.07) is 10.6. The Hall–Kier alpha value is -2.05. The van der Waals surface area contributed by atoms with E-state index in [4.69, 9.17) is 9.47 Å². The number of methoxy groups -OCH3 is 2. The molecule has 1 N–H and O–H groups in total. The molecule has 25 heavy (non-hydrogen) atoms. The van der Waals surface area contributed by atoms with Crippen LogP contribution in [0, 0.1) is 13.8 Å². The number of hydrogen-bond acceptors (Lipinski definition) is 4. The highest BCUT2D eigenvalue weighted by Gasteiger charge is 2.24. The van der Waals surface area contributed by atoms with E-state index in [9.17, 15) is 8.42 Å². The fourth-order valence-corrected chi connectivity index (χ4v) is 4.68. The van der Waals surface area contributed by atoms with Crippen molar-refractivity contribution < 1.29 is 17.9 Å². The van der Waals surface area contributed by atoms with Gasteiger partial charge in [-0.1, -0.05) is 19.1 Å². The number of hydrogen-bond donors (Lipinski definition) is 1. The summed E-state index contributed by atoms with van der Waals surface area (Å²) in [7, 11) is -0.490. The van der Waals surface area contributed by atoms with Crippen LogP contribution >= 0.6 is 0 Å². The number of sulfonamides is 1. The van der Waals surface area contributed by atoms with E-state index in [1.54, 1.807) is 40.2 Å². The second-order valence-electron chi connectivity index (χ2n) is 5.95. The summed E-state index contributed by atoms with van der Waals surface area (Å²) in [5, 5.41) is 0. The Labute approximate surface area is 150 Å². The highest BCUT2D eigenvalue weighted by Crippen LogP contribution is 2.28. The average Bonchev–Trinajstić information content (AvgIpc) is 2.58. The number of benzene rings is 2. The van der Waals surface area contributed by atoms with E-state index in [0.29, 0.717) is 28.2 Å². The molecule has 136 valence electrons. The van der Waals surface area contributed by atoms with Gasteiger partial charge in [0.2, 0.25) is 10.0 Å². The van der Waals surface area contributed by atoms with E-state index in [0.717, 1.165) is 11.3 Å². The van der Waals surface area contributed by atoms with Crippen LogP contribution in [0.4, 0.5) is 0 Å². The van der Waals surface area contributed by atoms with Gasteiger partial charge >= 0.3 is 0 Å². The van der Waals surface area contributed by atoms with E-state index in [1.807, 2.05) is 31.2 Å². The van der Waals surface area contributed by atoms with E-state index < -0.39 is 10.0 Å². The lowest BCUT2D eigenvalue weighted by atomic mass is 10.1. The zero-order valence-electron chi connectivity index (χ0n) is 15.3.